The van der Waals surface area contributed by atoms with Crippen LogP contribution in [0.1, 0.15) is 45.6 Å². The molecule has 4 bridgehead atoms. The van der Waals surface area contributed by atoms with Crippen LogP contribution >= 0.6 is 0 Å². The fourth-order valence-electron chi connectivity index (χ4n) is 7.19. The summed E-state index contributed by atoms with van der Waals surface area (Å²) in [5.41, 5.74) is 8.94. The van der Waals surface area contributed by atoms with Gasteiger partial charge in [0.1, 0.15) is 11.4 Å². The van der Waals surface area contributed by atoms with Crippen LogP contribution in [-0.2, 0) is 9.47 Å². The molecule has 4 aliphatic heterocycles. The molecule has 21 nitrogen and oxygen atoms in total. The fourth-order valence-corrected chi connectivity index (χ4v) is 7.19. The number of aryl methyl sites for hydroxylation is 2. The standard InChI is InChI=1S/C20H19N7O4.C11H13N3O2.C8H8N4O/c1-11-22-9-16(31-11)13-5-7-21-19(24-13)25-20(29)27-12-6-8-26(10-12)15-4-3-14(18(28)30-2)23-17(15)27;1-16-11(15)8-2-3-9-10(13-8)12-7-4-5-14(9)6-7;1-5-11-4-7(13-5)6-2-3-10-8(9)12-6/h3-5,7,9,12H,6,8,10H2,1-2H3,(H,21,24,25,29);2-3,7H,4-6H2,1H3,(H,12,13);2-4H,1H3,(H2,9,10,12)/t12-;7-;/m00./s1. The molecule has 4 N–H and O–H groups in total. The van der Waals surface area contributed by atoms with E-state index in [0.29, 0.717) is 58.8 Å². The molecule has 0 aliphatic carbocycles. The monoisotopic (exact) mass is 816 g/mol. The minimum Gasteiger partial charge on any atom is -0.464 e. The van der Waals surface area contributed by atoms with Gasteiger partial charge in [0.25, 0.3) is 0 Å². The number of hydrogen-bond donors (Lipinski definition) is 3. The van der Waals surface area contributed by atoms with Gasteiger partial charge in [-0.1, -0.05) is 0 Å². The number of urea groups is 1. The van der Waals surface area contributed by atoms with Crippen molar-refractivity contribution in [1.82, 2.24) is 39.9 Å². The highest BCUT2D eigenvalue weighted by Crippen LogP contribution is 2.39. The molecule has 60 heavy (non-hydrogen) atoms. The van der Waals surface area contributed by atoms with Crippen LogP contribution in [0.3, 0.4) is 0 Å². The van der Waals surface area contributed by atoms with Crippen molar-refractivity contribution >= 4 is 52.9 Å². The van der Waals surface area contributed by atoms with E-state index in [4.69, 9.17) is 19.3 Å². The number of esters is 2. The second kappa shape index (κ2) is 16.6. The number of nitrogens with one attached hydrogen (secondary N) is 2. The highest BCUT2D eigenvalue weighted by atomic mass is 16.5. The lowest BCUT2D eigenvalue weighted by Crippen LogP contribution is -2.48. The summed E-state index contributed by atoms with van der Waals surface area (Å²) in [6.07, 6.45) is 8.20. The molecule has 0 aromatic carbocycles. The summed E-state index contributed by atoms with van der Waals surface area (Å²) in [5, 5.41) is 6.09. The number of aromatic nitrogens is 8. The summed E-state index contributed by atoms with van der Waals surface area (Å²) in [6.45, 7) is 7.10. The van der Waals surface area contributed by atoms with Crippen molar-refractivity contribution in [2.75, 3.05) is 71.5 Å². The van der Waals surface area contributed by atoms with E-state index < -0.39 is 18.0 Å². The molecule has 308 valence electrons. The van der Waals surface area contributed by atoms with Gasteiger partial charge in [-0.3, -0.25) is 10.2 Å². The third-order valence-electron chi connectivity index (χ3n) is 10.00. The lowest BCUT2D eigenvalue weighted by Gasteiger charge is -2.35. The number of rotatable bonds is 5. The average molecular weight is 817 g/mol. The lowest BCUT2D eigenvalue weighted by molar-refractivity contribution is 0.0585. The summed E-state index contributed by atoms with van der Waals surface area (Å²) in [6, 6.07) is 10.4. The smallest absolute Gasteiger partial charge is 0.356 e. The molecular formula is C39H40N14O7. The maximum atomic E-state index is 13.2. The van der Waals surface area contributed by atoms with Gasteiger partial charge in [0.2, 0.25) is 11.9 Å². The van der Waals surface area contributed by atoms with E-state index in [0.717, 1.165) is 49.7 Å². The number of amides is 2. The molecule has 0 unspecified atom stereocenters. The van der Waals surface area contributed by atoms with E-state index in [1.54, 1.807) is 67.7 Å². The highest BCUT2D eigenvalue weighted by Gasteiger charge is 2.41. The maximum absolute atomic E-state index is 13.2. The number of oxazole rings is 2. The van der Waals surface area contributed by atoms with Crippen molar-refractivity contribution in [2.24, 2.45) is 0 Å². The zero-order valence-electron chi connectivity index (χ0n) is 33.0. The Morgan fingerprint density at radius 3 is 2.02 bits per heavy atom. The van der Waals surface area contributed by atoms with Gasteiger partial charge in [0.05, 0.1) is 44.0 Å². The number of methoxy groups -OCH3 is 2. The number of carbonyl (C=O) groups is 3. The van der Waals surface area contributed by atoms with Crippen molar-refractivity contribution in [2.45, 2.75) is 38.8 Å². The summed E-state index contributed by atoms with van der Waals surface area (Å²) < 4.78 is 20.2. The minimum atomic E-state index is -0.561. The third-order valence-corrected chi connectivity index (χ3v) is 10.00. The minimum absolute atomic E-state index is 0.0759. The van der Waals surface area contributed by atoms with Gasteiger partial charge in [-0.25, -0.2) is 54.3 Å². The van der Waals surface area contributed by atoms with Crippen LogP contribution < -0.4 is 31.1 Å². The largest absolute Gasteiger partial charge is 0.464 e. The summed E-state index contributed by atoms with van der Waals surface area (Å²) in [7, 11) is 2.66. The Labute approximate surface area is 342 Å². The van der Waals surface area contributed by atoms with Crippen LogP contribution in [0.4, 0.5) is 39.7 Å². The molecule has 10 rings (SSSR count). The zero-order chi connectivity index (χ0) is 41.9. The molecule has 21 heteroatoms. The lowest BCUT2D eigenvalue weighted by atomic mass is 10.2. The Morgan fingerprint density at radius 2 is 1.37 bits per heavy atom. The van der Waals surface area contributed by atoms with Gasteiger partial charge in [0.15, 0.2) is 46.3 Å². The van der Waals surface area contributed by atoms with Crippen molar-refractivity contribution in [3.63, 3.8) is 0 Å². The van der Waals surface area contributed by atoms with Crippen LogP contribution in [0.2, 0.25) is 0 Å². The summed E-state index contributed by atoms with van der Waals surface area (Å²) >= 11 is 0. The summed E-state index contributed by atoms with van der Waals surface area (Å²) in [4.78, 5) is 75.6. The number of fused-ring (bicyclic) bond motifs is 8. The van der Waals surface area contributed by atoms with Gasteiger partial charge < -0.3 is 39.2 Å². The van der Waals surface area contributed by atoms with E-state index in [1.807, 2.05) is 6.07 Å². The Bertz CT molecular complexity index is 2560. The second-order valence-corrected chi connectivity index (χ2v) is 13.9. The molecule has 10 heterocycles. The first-order valence-corrected chi connectivity index (χ1v) is 18.9. The maximum Gasteiger partial charge on any atom is 0.356 e. The topological polar surface area (TPSA) is 259 Å². The van der Waals surface area contributed by atoms with Gasteiger partial charge in [-0.15, -0.1) is 0 Å². The molecule has 6 aromatic heterocycles. The van der Waals surface area contributed by atoms with Crippen LogP contribution in [0.5, 0.6) is 0 Å². The number of carbonyl (C=O) groups excluding carboxylic acids is 3. The SMILES string of the molecule is COC(=O)c1ccc2c(n1)N(C(=O)Nc1nccc(-c3cnc(C)o3)n1)[C@H]1CCN2C1.COC(=O)c1ccc2c(n1)N[C@H]1CCN2C1.Cc1ncc(-c2ccnc(N)n2)o1. The number of pyridine rings is 2. The predicted molar refractivity (Wildman–Crippen MR) is 216 cm³/mol. The third kappa shape index (κ3) is 8.17. The van der Waals surface area contributed by atoms with Crippen molar-refractivity contribution in [3.8, 4) is 22.9 Å². The molecule has 0 spiro atoms. The van der Waals surface area contributed by atoms with Gasteiger partial charge in [0, 0.05) is 58.5 Å². The average Bonchev–Trinajstić information content (AvgIpc) is 4.09. The van der Waals surface area contributed by atoms with Crippen LogP contribution in [0, 0.1) is 13.8 Å². The number of nitrogens with two attached hydrogens (primary N) is 1. The van der Waals surface area contributed by atoms with Crippen LogP contribution in [-0.4, -0.2) is 110 Å². The molecule has 0 saturated carbocycles. The fraction of sp³-hybridized carbons (Fsp3) is 0.308. The van der Waals surface area contributed by atoms with Gasteiger partial charge in [-0.05, 0) is 49.2 Å². The number of anilines is 6. The van der Waals surface area contributed by atoms with Gasteiger partial charge >= 0.3 is 18.0 Å². The highest BCUT2D eigenvalue weighted by molar-refractivity contribution is 6.04. The van der Waals surface area contributed by atoms with E-state index in [2.05, 4.69) is 65.0 Å². The molecule has 0 radical (unpaired) electrons. The van der Waals surface area contributed by atoms with E-state index in [9.17, 15) is 14.4 Å². The number of nitrogens with zero attached hydrogens (tertiary/aromatic N) is 11. The molecule has 2 fully saturated rings. The predicted octanol–water partition coefficient (Wildman–Crippen LogP) is 4.15. The van der Waals surface area contributed by atoms with Crippen LogP contribution in [0.15, 0.2) is 70.0 Å². The van der Waals surface area contributed by atoms with E-state index in [1.165, 1.54) is 20.4 Å². The first-order valence-electron chi connectivity index (χ1n) is 18.9. The molecule has 2 saturated heterocycles. The second-order valence-electron chi connectivity index (χ2n) is 13.9. The molecule has 4 aliphatic rings. The molecule has 2 amide bonds. The Hall–Kier alpha value is -7.71. The Morgan fingerprint density at radius 1 is 0.750 bits per heavy atom. The normalized spacial score (nSPS) is 16.6. The number of nitrogen functional groups attached to an aromatic ring is 1. The first kappa shape index (κ1) is 39.1. The van der Waals surface area contributed by atoms with Crippen molar-refractivity contribution < 1.29 is 32.7 Å². The Balaban J connectivity index is 0.000000142. The van der Waals surface area contributed by atoms with Crippen molar-refractivity contribution in [1.29, 1.82) is 0 Å². The van der Waals surface area contributed by atoms with E-state index >= 15 is 0 Å². The Kier molecular flexibility index (Phi) is 10.9. The van der Waals surface area contributed by atoms with Crippen molar-refractivity contribution in [3.05, 3.63) is 84.4 Å². The number of hydrogen-bond acceptors (Lipinski definition) is 19. The number of ether oxygens (including phenoxy) is 2. The quantitative estimate of drug-likeness (QED) is 0.206. The van der Waals surface area contributed by atoms with Gasteiger partial charge in [-0.2, -0.15) is 0 Å². The molecular weight excluding hydrogens is 777 g/mol. The molecule has 2 atom stereocenters. The van der Waals surface area contributed by atoms with Crippen LogP contribution in [0.25, 0.3) is 22.9 Å². The zero-order valence-corrected chi connectivity index (χ0v) is 33.0. The van der Waals surface area contributed by atoms with E-state index in [-0.39, 0.29) is 23.6 Å². The summed E-state index contributed by atoms with van der Waals surface area (Å²) in [5.74, 6) is 2.82. The molecule has 6 aromatic rings. The first-order chi connectivity index (χ1) is 29.1.